The van der Waals surface area contributed by atoms with E-state index in [1.165, 1.54) is 0 Å². The summed E-state index contributed by atoms with van der Waals surface area (Å²) >= 11 is 6.53. The highest BCUT2D eigenvalue weighted by Gasteiger charge is 2.28. The van der Waals surface area contributed by atoms with E-state index in [0.29, 0.717) is 0 Å². The van der Waals surface area contributed by atoms with Gasteiger partial charge in [0.25, 0.3) is 0 Å². The van der Waals surface area contributed by atoms with Gasteiger partial charge in [-0.25, -0.2) is 0 Å². The van der Waals surface area contributed by atoms with E-state index < -0.39 is 5.97 Å². The summed E-state index contributed by atoms with van der Waals surface area (Å²) in [5.74, 6) is -0.816. The highest BCUT2D eigenvalue weighted by atomic mass is 79.9. The van der Waals surface area contributed by atoms with Crippen LogP contribution in [0.3, 0.4) is 0 Å². The van der Waals surface area contributed by atoms with Gasteiger partial charge in [-0.3, -0.25) is 4.79 Å². The zero-order chi connectivity index (χ0) is 11.3. The minimum Gasteiger partial charge on any atom is -0.481 e. The fourth-order valence-corrected chi connectivity index (χ4v) is 2.28. The van der Waals surface area contributed by atoms with Crippen LogP contribution in [0.25, 0.3) is 0 Å². The monoisotopic (exact) mass is 326 g/mol. The van der Waals surface area contributed by atoms with Crippen LogP contribution in [0.1, 0.15) is 27.2 Å². The zero-order valence-corrected chi connectivity index (χ0v) is 11.8. The molecule has 0 radical (unpaired) electrons. The number of carboxylic acid groups (broad SMARTS) is 1. The molecule has 4 heteroatoms. The van der Waals surface area contributed by atoms with Gasteiger partial charge < -0.3 is 5.11 Å². The molecule has 0 aliphatic heterocycles. The first-order valence-electron chi connectivity index (χ1n) is 4.65. The van der Waals surface area contributed by atoms with Crippen LogP contribution in [-0.4, -0.2) is 11.1 Å². The third-order valence-electron chi connectivity index (χ3n) is 2.28. The van der Waals surface area contributed by atoms with Crippen LogP contribution >= 0.6 is 31.9 Å². The molecule has 0 heterocycles. The summed E-state index contributed by atoms with van der Waals surface area (Å²) in [5.41, 5.74) is 0. The number of allylic oxidation sites excluding steroid dienone is 1. The van der Waals surface area contributed by atoms with Gasteiger partial charge in [-0.1, -0.05) is 26.8 Å². The van der Waals surface area contributed by atoms with E-state index >= 15 is 0 Å². The van der Waals surface area contributed by atoms with E-state index in [2.05, 4.69) is 31.9 Å². The molecular formula is C10H16Br2O2. The van der Waals surface area contributed by atoms with Crippen molar-refractivity contribution in [3.05, 3.63) is 9.47 Å². The predicted octanol–water partition coefficient (Wildman–Crippen LogP) is 4.00. The van der Waals surface area contributed by atoms with E-state index in [-0.39, 0.29) is 17.8 Å². The lowest BCUT2D eigenvalue weighted by Crippen LogP contribution is -2.27. The van der Waals surface area contributed by atoms with E-state index in [9.17, 15) is 4.79 Å². The second kappa shape index (κ2) is 6.62. The van der Waals surface area contributed by atoms with Crippen molar-refractivity contribution in [1.29, 1.82) is 0 Å². The number of carbonyl (C=O) groups is 1. The van der Waals surface area contributed by atoms with Crippen molar-refractivity contribution >= 4 is 37.8 Å². The van der Waals surface area contributed by atoms with Crippen LogP contribution in [0.15, 0.2) is 9.47 Å². The molecule has 0 rings (SSSR count). The zero-order valence-electron chi connectivity index (χ0n) is 8.63. The van der Waals surface area contributed by atoms with Crippen LogP contribution in [0, 0.1) is 17.8 Å². The van der Waals surface area contributed by atoms with E-state index in [4.69, 9.17) is 5.11 Å². The van der Waals surface area contributed by atoms with Gasteiger partial charge in [0.05, 0.1) is 9.31 Å². The summed E-state index contributed by atoms with van der Waals surface area (Å²) in [6.07, 6.45) is 2.74. The van der Waals surface area contributed by atoms with Gasteiger partial charge in [0.1, 0.15) is 0 Å². The normalized spacial score (nSPS) is 15.0. The fraction of sp³-hybridized carbons (Fsp3) is 0.700. The van der Waals surface area contributed by atoms with Crippen molar-refractivity contribution < 1.29 is 9.90 Å². The lowest BCUT2D eigenvalue weighted by atomic mass is 9.82. The Morgan fingerprint density at radius 1 is 1.43 bits per heavy atom. The number of halogens is 2. The van der Waals surface area contributed by atoms with Crippen molar-refractivity contribution in [2.45, 2.75) is 27.2 Å². The first-order chi connectivity index (χ1) is 6.40. The lowest BCUT2D eigenvalue weighted by molar-refractivity contribution is -0.144. The number of carboxylic acids is 1. The van der Waals surface area contributed by atoms with Crippen LogP contribution in [0.5, 0.6) is 0 Å². The van der Waals surface area contributed by atoms with Crippen LogP contribution in [-0.2, 0) is 4.79 Å². The molecule has 0 saturated heterocycles. The van der Waals surface area contributed by atoms with Gasteiger partial charge in [-0.15, -0.1) is 0 Å². The molecular weight excluding hydrogens is 312 g/mol. The first kappa shape index (κ1) is 14.2. The summed E-state index contributed by atoms with van der Waals surface area (Å²) in [7, 11) is 0. The van der Waals surface area contributed by atoms with Gasteiger partial charge in [0, 0.05) is 0 Å². The maximum absolute atomic E-state index is 11.1. The average molecular weight is 328 g/mol. The first-order valence-corrected chi connectivity index (χ1v) is 6.24. The van der Waals surface area contributed by atoms with Crippen LogP contribution < -0.4 is 0 Å². The minimum atomic E-state index is -0.718. The third kappa shape index (κ3) is 4.60. The maximum Gasteiger partial charge on any atom is 0.307 e. The number of hydrogen-bond acceptors (Lipinski definition) is 1. The SMILES string of the molecule is CCC(C=C(Br)Br)C(C(=O)O)C(C)C. The fourth-order valence-electron chi connectivity index (χ4n) is 1.60. The third-order valence-corrected chi connectivity index (χ3v) is 2.80. The smallest absolute Gasteiger partial charge is 0.307 e. The van der Waals surface area contributed by atoms with Gasteiger partial charge in [0.2, 0.25) is 0 Å². The summed E-state index contributed by atoms with van der Waals surface area (Å²) in [6.45, 7) is 5.89. The molecule has 0 aromatic rings. The molecule has 0 spiro atoms. The number of aliphatic carboxylic acids is 1. The molecule has 0 aliphatic rings. The Kier molecular flexibility index (Phi) is 6.70. The van der Waals surface area contributed by atoms with Crippen molar-refractivity contribution in [1.82, 2.24) is 0 Å². The topological polar surface area (TPSA) is 37.3 Å². The number of hydrogen-bond donors (Lipinski definition) is 1. The summed E-state index contributed by atoms with van der Waals surface area (Å²) in [5, 5.41) is 9.10. The van der Waals surface area contributed by atoms with Crippen molar-refractivity contribution in [3.63, 3.8) is 0 Å². The molecule has 82 valence electrons. The predicted molar refractivity (Wildman–Crippen MR) is 65.7 cm³/mol. The quantitative estimate of drug-likeness (QED) is 0.828. The maximum atomic E-state index is 11.1. The molecule has 14 heavy (non-hydrogen) atoms. The Morgan fingerprint density at radius 2 is 1.93 bits per heavy atom. The van der Waals surface area contributed by atoms with Gasteiger partial charge in [0.15, 0.2) is 0 Å². The van der Waals surface area contributed by atoms with Crippen molar-refractivity contribution in [3.8, 4) is 0 Å². The standard InChI is InChI=1S/C10H16Br2O2/c1-4-7(5-8(11)12)9(6(2)3)10(13)14/h5-7,9H,4H2,1-3H3,(H,13,14). The highest BCUT2D eigenvalue weighted by Crippen LogP contribution is 2.29. The molecule has 0 fully saturated rings. The average Bonchev–Trinajstić information content (AvgIpc) is 2.00. The Bertz CT molecular complexity index is 220. The minimum absolute atomic E-state index is 0.0706. The second-order valence-corrected chi connectivity index (χ2v) is 6.41. The lowest BCUT2D eigenvalue weighted by Gasteiger charge is -2.23. The van der Waals surface area contributed by atoms with Gasteiger partial charge in [-0.2, -0.15) is 0 Å². The van der Waals surface area contributed by atoms with E-state index in [1.807, 2.05) is 26.8 Å². The molecule has 0 aromatic carbocycles. The van der Waals surface area contributed by atoms with Gasteiger partial charge >= 0.3 is 5.97 Å². The van der Waals surface area contributed by atoms with Crippen LogP contribution in [0.2, 0.25) is 0 Å². The molecule has 2 atom stereocenters. The summed E-state index contributed by atoms with van der Waals surface area (Å²) < 4.78 is 0.823. The molecule has 2 unspecified atom stereocenters. The van der Waals surface area contributed by atoms with Crippen molar-refractivity contribution in [2.75, 3.05) is 0 Å². The van der Waals surface area contributed by atoms with Gasteiger partial charge in [-0.05, 0) is 50.1 Å². The van der Waals surface area contributed by atoms with Crippen molar-refractivity contribution in [2.24, 2.45) is 17.8 Å². The summed E-state index contributed by atoms with van der Waals surface area (Å²) in [6, 6.07) is 0. The van der Waals surface area contributed by atoms with Crippen LogP contribution in [0.4, 0.5) is 0 Å². The Hall–Kier alpha value is 0.170. The molecule has 2 nitrogen and oxygen atoms in total. The molecule has 0 aliphatic carbocycles. The largest absolute Gasteiger partial charge is 0.481 e. The van der Waals surface area contributed by atoms with E-state index in [1.54, 1.807) is 0 Å². The highest BCUT2D eigenvalue weighted by molar-refractivity contribution is 9.28. The second-order valence-electron chi connectivity index (χ2n) is 3.64. The molecule has 0 bridgehead atoms. The Balaban J connectivity index is 4.77. The van der Waals surface area contributed by atoms with E-state index in [0.717, 1.165) is 9.81 Å². The Labute approximate surface area is 102 Å². The number of rotatable bonds is 5. The Morgan fingerprint density at radius 3 is 2.14 bits per heavy atom. The molecule has 0 saturated carbocycles. The summed E-state index contributed by atoms with van der Waals surface area (Å²) in [4.78, 5) is 11.1. The molecule has 0 aromatic heterocycles. The molecule has 1 N–H and O–H groups in total. The molecule has 0 amide bonds.